The predicted octanol–water partition coefficient (Wildman–Crippen LogP) is 2.79. The summed E-state index contributed by atoms with van der Waals surface area (Å²) in [6, 6.07) is 11.8. The summed E-state index contributed by atoms with van der Waals surface area (Å²) < 4.78 is 0. The second kappa shape index (κ2) is 5.14. The van der Waals surface area contributed by atoms with E-state index < -0.39 is 0 Å². The quantitative estimate of drug-likeness (QED) is 0.859. The summed E-state index contributed by atoms with van der Waals surface area (Å²) in [7, 11) is 1.98. The average Bonchev–Trinajstić information content (AvgIpc) is 2.38. The van der Waals surface area contributed by atoms with Crippen LogP contribution in [0.15, 0.2) is 42.6 Å². The van der Waals surface area contributed by atoms with Gasteiger partial charge in [-0.3, -0.25) is 0 Å². The molecule has 1 aromatic carbocycles. The zero-order valence-electron chi connectivity index (χ0n) is 10.4. The summed E-state index contributed by atoms with van der Waals surface area (Å²) >= 11 is 4.99. The van der Waals surface area contributed by atoms with E-state index >= 15 is 0 Å². The van der Waals surface area contributed by atoms with Crippen molar-refractivity contribution in [2.24, 2.45) is 5.73 Å². The van der Waals surface area contributed by atoms with Crippen molar-refractivity contribution >= 4 is 28.7 Å². The first-order valence-corrected chi connectivity index (χ1v) is 6.05. The maximum atomic E-state index is 5.65. The van der Waals surface area contributed by atoms with Crippen LogP contribution in [0.25, 0.3) is 0 Å². The molecular formula is C14H15N3S. The van der Waals surface area contributed by atoms with Crippen LogP contribution in [0.2, 0.25) is 0 Å². The first kappa shape index (κ1) is 12.5. The number of pyridine rings is 1. The Morgan fingerprint density at radius 2 is 2.06 bits per heavy atom. The maximum Gasteiger partial charge on any atom is 0.135 e. The molecule has 0 aliphatic carbocycles. The number of hydrogen-bond donors (Lipinski definition) is 1. The van der Waals surface area contributed by atoms with Crippen LogP contribution in [-0.4, -0.2) is 17.0 Å². The monoisotopic (exact) mass is 257 g/mol. The topological polar surface area (TPSA) is 42.2 Å². The summed E-state index contributed by atoms with van der Waals surface area (Å²) in [4.78, 5) is 6.82. The van der Waals surface area contributed by atoms with Gasteiger partial charge >= 0.3 is 0 Å². The van der Waals surface area contributed by atoms with Crippen molar-refractivity contribution in [3.8, 4) is 0 Å². The molecule has 1 heterocycles. The molecular weight excluding hydrogens is 242 g/mol. The Morgan fingerprint density at radius 3 is 2.72 bits per heavy atom. The first-order valence-electron chi connectivity index (χ1n) is 5.65. The molecule has 92 valence electrons. The van der Waals surface area contributed by atoms with Crippen LogP contribution in [0.4, 0.5) is 11.5 Å². The fourth-order valence-corrected chi connectivity index (χ4v) is 1.95. The Kier molecular flexibility index (Phi) is 3.58. The molecule has 18 heavy (non-hydrogen) atoms. The molecule has 0 aliphatic heterocycles. The number of hydrogen-bond acceptors (Lipinski definition) is 3. The SMILES string of the molecule is Cc1cccnc1N(C)c1cccc(C(N)=S)c1. The fraction of sp³-hybridized carbons (Fsp3) is 0.143. The normalized spacial score (nSPS) is 10.1. The summed E-state index contributed by atoms with van der Waals surface area (Å²) in [6.45, 7) is 2.04. The Labute approximate surface area is 112 Å². The number of rotatable bonds is 3. The van der Waals surface area contributed by atoms with Crippen LogP contribution in [0.5, 0.6) is 0 Å². The van der Waals surface area contributed by atoms with Gasteiger partial charge in [-0.25, -0.2) is 4.98 Å². The molecule has 2 rings (SSSR count). The van der Waals surface area contributed by atoms with E-state index in [-0.39, 0.29) is 0 Å². The second-order valence-corrected chi connectivity index (χ2v) is 4.56. The number of benzene rings is 1. The molecule has 0 saturated heterocycles. The van der Waals surface area contributed by atoms with Crippen molar-refractivity contribution in [1.82, 2.24) is 4.98 Å². The smallest absolute Gasteiger partial charge is 0.135 e. The first-order chi connectivity index (χ1) is 8.59. The molecule has 0 fully saturated rings. The highest BCUT2D eigenvalue weighted by Crippen LogP contribution is 2.24. The molecule has 0 aliphatic rings. The second-order valence-electron chi connectivity index (χ2n) is 4.12. The molecule has 0 atom stereocenters. The molecule has 0 radical (unpaired) electrons. The average molecular weight is 257 g/mol. The van der Waals surface area contributed by atoms with Crippen molar-refractivity contribution in [3.63, 3.8) is 0 Å². The predicted molar refractivity (Wildman–Crippen MR) is 79.4 cm³/mol. The molecule has 3 nitrogen and oxygen atoms in total. The lowest BCUT2D eigenvalue weighted by Gasteiger charge is -2.20. The van der Waals surface area contributed by atoms with Gasteiger partial charge in [0.2, 0.25) is 0 Å². The standard InChI is InChI=1S/C14H15N3S/c1-10-5-4-8-16-14(10)17(2)12-7-3-6-11(9-12)13(15)18/h3-9H,1-2H3,(H2,15,18). The minimum atomic E-state index is 0.406. The van der Waals surface area contributed by atoms with Gasteiger partial charge in [0.15, 0.2) is 0 Å². The largest absolute Gasteiger partial charge is 0.389 e. The van der Waals surface area contributed by atoms with E-state index in [0.29, 0.717) is 4.99 Å². The van der Waals surface area contributed by atoms with E-state index in [9.17, 15) is 0 Å². The van der Waals surface area contributed by atoms with Crippen molar-refractivity contribution in [2.45, 2.75) is 6.92 Å². The van der Waals surface area contributed by atoms with Crippen LogP contribution < -0.4 is 10.6 Å². The van der Waals surface area contributed by atoms with Crippen molar-refractivity contribution in [1.29, 1.82) is 0 Å². The van der Waals surface area contributed by atoms with Gasteiger partial charge in [-0.15, -0.1) is 0 Å². The lowest BCUT2D eigenvalue weighted by Crippen LogP contribution is -2.14. The summed E-state index contributed by atoms with van der Waals surface area (Å²) in [6.07, 6.45) is 1.79. The van der Waals surface area contributed by atoms with Crippen LogP contribution in [0.3, 0.4) is 0 Å². The molecule has 4 heteroatoms. The van der Waals surface area contributed by atoms with Gasteiger partial charge in [0.25, 0.3) is 0 Å². The van der Waals surface area contributed by atoms with Gasteiger partial charge in [-0.05, 0) is 30.7 Å². The minimum absolute atomic E-state index is 0.406. The number of aromatic nitrogens is 1. The molecule has 0 bridgehead atoms. The molecule has 2 N–H and O–H groups in total. The summed E-state index contributed by atoms with van der Waals surface area (Å²) in [5.74, 6) is 0.928. The van der Waals surface area contributed by atoms with Gasteiger partial charge in [0.1, 0.15) is 10.8 Å². The van der Waals surface area contributed by atoms with E-state index in [1.165, 1.54) is 0 Å². The third-order valence-electron chi connectivity index (χ3n) is 2.82. The molecule has 1 aromatic heterocycles. The zero-order chi connectivity index (χ0) is 13.1. The Balaban J connectivity index is 2.40. The fourth-order valence-electron chi connectivity index (χ4n) is 1.82. The highest BCUT2D eigenvalue weighted by atomic mass is 32.1. The van der Waals surface area contributed by atoms with Crippen molar-refractivity contribution in [3.05, 3.63) is 53.7 Å². The number of nitrogens with zero attached hydrogens (tertiary/aromatic N) is 2. The van der Waals surface area contributed by atoms with E-state index in [4.69, 9.17) is 18.0 Å². The lowest BCUT2D eigenvalue weighted by atomic mass is 10.2. The highest BCUT2D eigenvalue weighted by molar-refractivity contribution is 7.80. The number of thiocarbonyl (C=S) groups is 1. The molecule has 0 spiro atoms. The van der Waals surface area contributed by atoms with Crippen LogP contribution in [0, 0.1) is 6.92 Å². The number of nitrogens with two attached hydrogens (primary N) is 1. The van der Waals surface area contributed by atoms with Gasteiger partial charge in [-0.2, -0.15) is 0 Å². The van der Waals surface area contributed by atoms with Crippen LogP contribution in [-0.2, 0) is 0 Å². The summed E-state index contributed by atoms with van der Waals surface area (Å²) in [5.41, 5.74) is 8.65. The Morgan fingerprint density at radius 1 is 1.28 bits per heavy atom. The third kappa shape index (κ3) is 2.49. The summed E-state index contributed by atoms with van der Waals surface area (Å²) in [5, 5.41) is 0. The minimum Gasteiger partial charge on any atom is -0.389 e. The third-order valence-corrected chi connectivity index (χ3v) is 3.05. The van der Waals surface area contributed by atoms with Crippen molar-refractivity contribution in [2.75, 3.05) is 11.9 Å². The van der Waals surface area contributed by atoms with Crippen LogP contribution in [0.1, 0.15) is 11.1 Å². The highest BCUT2D eigenvalue weighted by Gasteiger charge is 2.08. The van der Waals surface area contributed by atoms with Gasteiger partial charge < -0.3 is 10.6 Å². The van der Waals surface area contributed by atoms with Crippen molar-refractivity contribution < 1.29 is 0 Å². The van der Waals surface area contributed by atoms with E-state index in [0.717, 1.165) is 22.6 Å². The van der Waals surface area contributed by atoms with E-state index in [1.54, 1.807) is 6.20 Å². The van der Waals surface area contributed by atoms with Gasteiger partial charge in [-0.1, -0.05) is 30.4 Å². The van der Waals surface area contributed by atoms with Crippen LogP contribution >= 0.6 is 12.2 Å². The van der Waals surface area contributed by atoms with E-state index in [2.05, 4.69) is 4.98 Å². The Bertz CT molecular complexity index is 581. The molecule has 0 unspecified atom stereocenters. The zero-order valence-corrected chi connectivity index (χ0v) is 11.2. The number of anilines is 2. The molecule has 2 aromatic rings. The molecule has 0 saturated carbocycles. The van der Waals surface area contributed by atoms with E-state index in [1.807, 2.05) is 55.3 Å². The Hall–Kier alpha value is -1.94. The molecule has 0 amide bonds. The van der Waals surface area contributed by atoms with Gasteiger partial charge in [0.05, 0.1) is 0 Å². The lowest BCUT2D eigenvalue weighted by molar-refractivity contribution is 1.10. The maximum absolute atomic E-state index is 5.65. The number of aryl methyl sites for hydroxylation is 1. The van der Waals surface area contributed by atoms with Gasteiger partial charge in [0, 0.05) is 24.5 Å².